The Morgan fingerprint density at radius 1 is 0.909 bits per heavy atom. The highest BCUT2D eigenvalue weighted by Crippen LogP contribution is 2.33. The van der Waals surface area contributed by atoms with Gasteiger partial charge in [-0.15, -0.1) is 0 Å². The van der Waals surface area contributed by atoms with Crippen LogP contribution in [0.2, 0.25) is 0 Å². The van der Waals surface area contributed by atoms with Crippen molar-refractivity contribution in [2.75, 3.05) is 20.7 Å². The summed E-state index contributed by atoms with van der Waals surface area (Å²) >= 11 is 0. The van der Waals surface area contributed by atoms with E-state index in [-0.39, 0.29) is 18.4 Å². The molecule has 248 valence electrons. The SMILES string of the molecule is CCOC(=O)/C(C)=C/[C@H](C(C)C)N(C)C(=O)C(NC(=O)[C@@H](N(C)C(=O)OC(C)(C)C)C(C)(C)c1ccccc1)C(C)(C)CC. The fourth-order valence-corrected chi connectivity index (χ4v) is 5.14. The van der Waals surface area contributed by atoms with E-state index in [9.17, 15) is 19.2 Å². The normalized spacial score (nSPS) is 14.8. The largest absolute Gasteiger partial charge is 0.463 e. The predicted molar refractivity (Wildman–Crippen MR) is 175 cm³/mol. The van der Waals surface area contributed by atoms with Crippen LogP contribution in [0.4, 0.5) is 4.79 Å². The lowest BCUT2D eigenvalue weighted by molar-refractivity contribution is -0.142. The van der Waals surface area contributed by atoms with Gasteiger partial charge in [0.25, 0.3) is 0 Å². The summed E-state index contributed by atoms with van der Waals surface area (Å²) in [6, 6.07) is 7.13. The molecule has 0 aromatic heterocycles. The maximum atomic E-state index is 14.4. The van der Waals surface area contributed by atoms with E-state index in [2.05, 4.69) is 5.32 Å². The van der Waals surface area contributed by atoms with Crippen molar-refractivity contribution in [2.24, 2.45) is 11.3 Å². The molecule has 0 aliphatic heterocycles. The zero-order valence-electron chi connectivity index (χ0n) is 29.5. The molecular formula is C35H57N3O6. The maximum absolute atomic E-state index is 14.4. The molecule has 0 aliphatic carbocycles. The van der Waals surface area contributed by atoms with Gasteiger partial charge in [-0.2, -0.15) is 0 Å². The monoisotopic (exact) mass is 615 g/mol. The lowest BCUT2D eigenvalue weighted by Gasteiger charge is -2.43. The van der Waals surface area contributed by atoms with Gasteiger partial charge in [0.15, 0.2) is 0 Å². The van der Waals surface area contributed by atoms with Crippen molar-refractivity contribution in [1.29, 1.82) is 0 Å². The van der Waals surface area contributed by atoms with Crippen LogP contribution in [0.5, 0.6) is 0 Å². The zero-order chi connectivity index (χ0) is 34.2. The molecule has 3 atom stereocenters. The van der Waals surface area contributed by atoms with Crippen LogP contribution in [0.15, 0.2) is 42.0 Å². The third-order valence-corrected chi connectivity index (χ3v) is 8.24. The Labute approximate surface area is 265 Å². The number of esters is 1. The van der Waals surface area contributed by atoms with Crippen LogP contribution in [0.3, 0.4) is 0 Å². The molecule has 0 radical (unpaired) electrons. The minimum atomic E-state index is -1.01. The number of hydrogen-bond acceptors (Lipinski definition) is 6. The Morgan fingerprint density at radius 3 is 1.91 bits per heavy atom. The lowest BCUT2D eigenvalue weighted by atomic mass is 9.75. The summed E-state index contributed by atoms with van der Waals surface area (Å²) in [5.74, 6) is -1.24. The zero-order valence-corrected chi connectivity index (χ0v) is 29.5. The molecule has 0 bridgehead atoms. The highest BCUT2D eigenvalue weighted by atomic mass is 16.6. The summed E-state index contributed by atoms with van der Waals surface area (Å²) in [6.45, 7) is 22.6. The second-order valence-electron chi connectivity index (χ2n) is 14.1. The topological polar surface area (TPSA) is 105 Å². The average Bonchev–Trinajstić information content (AvgIpc) is 2.93. The van der Waals surface area contributed by atoms with Gasteiger partial charge in [0.2, 0.25) is 11.8 Å². The minimum absolute atomic E-state index is 0.0301. The van der Waals surface area contributed by atoms with E-state index in [0.29, 0.717) is 12.0 Å². The fraction of sp³-hybridized carbons (Fsp3) is 0.657. The molecule has 9 heteroatoms. The van der Waals surface area contributed by atoms with E-state index in [1.807, 2.05) is 78.8 Å². The molecule has 1 N–H and O–H groups in total. The molecule has 0 saturated carbocycles. The van der Waals surface area contributed by atoms with Crippen LogP contribution in [0, 0.1) is 11.3 Å². The maximum Gasteiger partial charge on any atom is 0.410 e. The number of hydrogen-bond donors (Lipinski definition) is 1. The number of nitrogens with zero attached hydrogens (tertiary/aromatic N) is 2. The van der Waals surface area contributed by atoms with Crippen molar-refractivity contribution in [3.05, 3.63) is 47.5 Å². The number of likely N-dealkylation sites (N-methyl/N-ethyl adjacent to an activating group) is 2. The molecule has 0 saturated heterocycles. The van der Waals surface area contributed by atoms with Gasteiger partial charge in [-0.3, -0.25) is 14.5 Å². The molecule has 1 rings (SSSR count). The average molecular weight is 616 g/mol. The Bertz CT molecular complexity index is 1170. The predicted octanol–water partition coefficient (Wildman–Crippen LogP) is 6.11. The first kappa shape index (κ1) is 38.7. The second kappa shape index (κ2) is 15.6. The molecule has 9 nitrogen and oxygen atoms in total. The summed E-state index contributed by atoms with van der Waals surface area (Å²) in [6.07, 6.45) is 1.70. The third kappa shape index (κ3) is 10.1. The van der Waals surface area contributed by atoms with Crippen molar-refractivity contribution in [3.63, 3.8) is 0 Å². The van der Waals surface area contributed by atoms with Gasteiger partial charge in [-0.25, -0.2) is 9.59 Å². The highest BCUT2D eigenvalue weighted by Gasteiger charge is 2.46. The van der Waals surface area contributed by atoms with E-state index in [1.54, 1.807) is 59.7 Å². The molecule has 1 aromatic rings. The van der Waals surface area contributed by atoms with E-state index < -0.39 is 52.5 Å². The summed E-state index contributed by atoms with van der Waals surface area (Å²) < 4.78 is 10.8. The number of nitrogens with one attached hydrogen (secondary N) is 1. The molecule has 3 amide bonds. The Morgan fingerprint density at radius 2 is 1.45 bits per heavy atom. The second-order valence-corrected chi connectivity index (χ2v) is 14.1. The molecule has 44 heavy (non-hydrogen) atoms. The number of benzene rings is 1. The van der Waals surface area contributed by atoms with E-state index in [1.165, 1.54) is 4.90 Å². The Kier molecular flexibility index (Phi) is 13.7. The summed E-state index contributed by atoms with van der Waals surface area (Å²) in [7, 11) is 3.24. The summed E-state index contributed by atoms with van der Waals surface area (Å²) in [5.41, 5.74) is -1.01. The molecule has 0 spiro atoms. The number of carbonyl (C=O) groups excluding carboxylic acids is 4. The van der Waals surface area contributed by atoms with Gasteiger partial charge in [-0.05, 0) is 57.9 Å². The molecule has 0 aliphatic rings. The summed E-state index contributed by atoms with van der Waals surface area (Å²) in [5, 5.41) is 3.06. The first-order chi connectivity index (χ1) is 20.1. The van der Waals surface area contributed by atoms with Crippen LogP contribution in [-0.4, -0.2) is 78.1 Å². The summed E-state index contributed by atoms with van der Waals surface area (Å²) in [4.78, 5) is 57.3. The number of rotatable bonds is 13. The van der Waals surface area contributed by atoms with E-state index >= 15 is 0 Å². The van der Waals surface area contributed by atoms with Crippen LogP contribution in [0.25, 0.3) is 0 Å². The van der Waals surface area contributed by atoms with Gasteiger partial charge >= 0.3 is 12.1 Å². The van der Waals surface area contributed by atoms with Gasteiger partial charge in [0, 0.05) is 25.1 Å². The quantitative estimate of drug-likeness (QED) is 0.212. The van der Waals surface area contributed by atoms with E-state index in [0.717, 1.165) is 5.56 Å². The van der Waals surface area contributed by atoms with Crippen LogP contribution in [-0.2, 0) is 29.3 Å². The van der Waals surface area contributed by atoms with Gasteiger partial charge in [0.1, 0.15) is 17.7 Å². The van der Waals surface area contributed by atoms with Crippen molar-refractivity contribution in [2.45, 2.75) is 119 Å². The third-order valence-electron chi connectivity index (χ3n) is 8.24. The fourth-order valence-electron chi connectivity index (χ4n) is 5.14. The van der Waals surface area contributed by atoms with Crippen LogP contribution < -0.4 is 5.32 Å². The first-order valence-corrected chi connectivity index (χ1v) is 15.6. The van der Waals surface area contributed by atoms with E-state index in [4.69, 9.17) is 9.47 Å². The van der Waals surface area contributed by atoms with Gasteiger partial charge < -0.3 is 19.7 Å². The Balaban J connectivity index is 3.65. The van der Waals surface area contributed by atoms with Crippen molar-refractivity contribution >= 4 is 23.9 Å². The standard InChI is InChI=1S/C35H57N3O6/c1-15-34(9,10)27(30(40)37(13)26(23(3)4)22-24(5)31(41)43-16-2)36-29(39)28(38(14)32(42)44-33(6,7)8)35(11,12)25-20-18-17-19-21-25/h17-23,26-28H,15-16H2,1-14H3,(H,36,39)/b24-22+/t26-,27?,28-/m1/s1. The molecule has 0 fully saturated rings. The van der Waals surface area contributed by atoms with Gasteiger partial charge in [0.05, 0.1) is 12.6 Å². The first-order valence-electron chi connectivity index (χ1n) is 15.6. The molecular weight excluding hydrogens is 558 g/mol. The van der Waals surface area contributed by atoms with Crippen LogP contribution in [0.1, 0.15) is 95.1 Å². The lowest BCUT2D eigenvalue weighted by Crippen LogP contribution is -2.63. The highest BCUT2D eigenvalue weighted by molar-refractivity contribution is 5.93. The van der Waals surface area contributed by atoms with Crippen molar-refractivity contribution < 1.29 is 28.7 Å². The molecule has 1 aromatic carbocycles. The molecule has 1 unspecified atom stereocenters. The molecule has 0 heterocycles. The van der Waals surface area contributed by atoms with Crippen molar-refractivity contribution in [1.82, 2.24) is 15.1 Å². The number of carbonyl (C=O) groups is 4. The smallest absolute Gasteiger partial charge is 0.410 e. The number of ether oxygens (including phenoxy) is 2. The van der Waals surface area contributed by atoms with Crippen LogP contribution >= 0.6 is 0 Å². The van der Waals surface area contributed by atoms with Crippen molar-refractivity contribution in [3.8, 4) is 0 Å². The Hall–Kier alpha value is -3.36. The minimum Gasteiger partial charge on any atom is -0.463 e. The van der Waals surface area contributed by atoms with Gasteiger partial charge in [-0.1, -0.05) is 84.9 Å². The number of amides is 3.